The van der Waals surface area contributed by atoms with Gasteiger partial charge in [-0.25, -0.2) is 12.7 Å². The zero-order valence-corrected chi connectivity index (χ0v) is 12.2. The van der Waals surface area contributed by atoms with E-state index in [0.29, 0.717) is 24.8 Å². The second kappa shape index (κ2) is 5.88. The number of nitrogens with zero attached hydrogens (tertiary/aromatic N) is 1. The zero-order valence-electron chi connectivity index (χ0n) is 11.3. The Morgan fingerprint density at radius 1 is 1.17 bits per heavy atom. The molecule has 2 atom stereocenters. The lowest BCUT2D eigenvalue weighted by Crippen LogP contribution is -2.49. The van der Waals surface area contributed by atoms with Gasteiger partial charge in [0.25, 0.3) is 0 Å². The summed E-state index contributed by atoms with van der Waals surface area (Å²) >= 11 is 0. The Labute approximate surface area is 111 Å². The molecule has 0 aromatic heterocycles. The molecule has 2 rings (SSSR count). The second-order valence-corrected chi connectivity index (χ2v) is 8.08. The van der Waals surface area contributed by atoms with Crippen LogP contribution in [0.1, 0.15) is 45.4 Å². The van der Waals surface area contributed by atoms with Crippen molar-refractivity contribution < 1.29 is 8.42 Å². The minimum Gasteiger partial charge on any atom is -0.327 e. The monoisotopic (exact) mass is 274 g/mol. The average molecular weight is 274 g/mol. The molecular weight excluding hydrogens is 248 g/mol. The summed E-state index contributed by atoms with van der Waals surface area (Å²) in [5.41, 5.74) is 5.95. The van der Waals surface area contributed by atoms with Crippen molar-refractivity contribution in [2.75, 3.05) is 18.8 Å². The van der Waals surface area contributed by atoms with Crippen LogP contribution in [0.25, 0.3) is 0 Å². The lowest BCUT2D eigenvalue weighted by molar-refractivity contribution is 0.247. The summed E-state index contributed by atoms with van der Waals surface area (Å²) in [5.74, 6) is 1.02. The highest BCUT2D eigenvalue weighted by Gasteiger charge is 2.32. The van der Waals surface area contributed by atoms with Crippen molar-refractivity contribution in [1.82, 2.24) is 4.31 Å². The Balaban J connectivity index is 1.93. The van der Waals surface area contributed by atoms with Crippen LogP contribution in [0.3, 0.4) is 0 Å². The predicted octanol–water partition coefficient (Wildman–Crippen LogP) is 1.57. The predicted molar refractivity (Wildman–Crippen MR) is 73.7 cm³/mol. The van der Waals surface area contributed by atoms with Crippen LogP contribution < -0.4 is 5.73 Å². The Hall–Kier alpha value is -0.130. The van der Waals surface area contributed by atoms with Crippen LogP contribution in [0, 0.1) is 11.8 Å². The van der Waals surface area contributed by atoms with E-state index in [1.165, 1.54) is 19.3 Å². The minimum absolute atomic E-state index is 0.158. The van der Waals surface area contributed by atoms with E-state index < -0.39 is 10.0 Å². The molecule has 2 unspecified atom stereocenters. The van der Waals surface area contributed by atoms with Crippen molar-refractivity contribution in [3.8, 4) is 0 Å². The summed E-state index contributed by atoms with van der Waals surface area (Å²) < 4.78 is 26.5. The quantitative estimate of drug-likeness (QED) is 0.849. The highest BCUT2D eigenvalue weighted by molar-refractivity contribution is 7.89. The van der Waals surface area contributed by atoms with Gasteiger partial charge in [0.2, 0.25) is 10.0 Å². The number of piperidine rings is 1. The lowest BCUT2D eigenvalue weighted by atomic mass is 9.91. The molecule has 0 aromatic rings. The Bertz CT molecular complexity index is 363. The molecular formula is C13H26N2O2S. The van der Waals surface area contributed by atoms with E-state index in [1.807, 2.05) is 6.92 Å². The normalized spacial score (nSPS) is 32.6. The van der Waals surface area contributed by atoms with E-state index in [4.69, 9.17) is 5.73 Å². The molecule has 1 aliphatic carbocycles. The number of sulfonamides is 1. The average Bonchev–Trinajstić information content (AvgIpc) is 2.33. The first-order valence-electron chi connectivity index (χ1n) is 7.22. The van der Waals surface area contributed by atoms with Gasteiger partial charge in [-0.15, -0.1) is 0 Å². The standard InChI is InChI=1S/C13H26N2O2S/c1-11-9-15(8-7-13(11)14)18(16,17)10-12-5-3-2-4-6-12/h11-13H,2-10,14H2,1H3. The molecule has 0 radical (unpaired) electrons. The number of hydrogen-bond donors (Lipinski definition) is 1. The van der Waals surface area contributed by atoms with E-state index in [1.54, 1.807) is 4.31 Å². The molecule has 106 valence electrons. The van der Waals surface area contributed by atoms with E-state index in [0.717, 1.165) is 19.3 Å². The largest absolute Gasteiger partial charge is 0.327 e. The summed E-state index contributed by atoms with van der Waals surface area (Å²) in [6, 6.07) is 0.158. The first kappa shape index (κ1) is 14.3. The molecule has 5 heteroatoms. The fourth-order valence-electron chi connectivity index (χ4n) is 3.14. The lowest BCUT2D eigenvalue weighted by Gasteiger charge is -2.35. The van der Waals surface area contributed by atoms with E-state index >= 15 is 0 Å². The van der Waals surface area contributed by atoms with Crippen LogP contribution in [-0.2, 0) is 10.0 Å². The summed E-state index contributed by atoms with van der Waals surface area (Å²) in [4.78, 5) is 0. The summed E-state index contributed by atoms with van der Waals surface area (Å²) in [6.45, 7) is 3.27. The van der Waals surface area contributed by atoms with E-state index in [9.17, 15) is 8.42 Å². The molecule has 1 saturated heterocycles. The van der Waals surface area contributed by atoms with Gasteiger partial charge in [-0.2, -0.15) is 0 Å². The fourth-order valence-corrected chi connectivity index (χ4v) is 5.12. The molecule has 18 heavy (non-hydrogen) atoms. The van der Waals surface area contributed by atoms with Gasteiger partial charge in [-0.3, -0.25) is 0 Å². The summed E-state index contributed by atoms with van der Waals surface area (Å²) in [5, 5.41) is 0. The fraction of sp³-hybridized carbons (Fsp3) is 1.00. The van der Waals surface area contributed by atoms with Crippen LogP contribution in [0.2, 0.25) is 0 Å². The SMILES string of the molecule is CC1CN(S(=O)(=O)CC2CCCCC2)CCC1N. The van der Waals surface area contributed by atoms with Gasteiger partial charge in [0, 0.05) is 19.1 Å². The molecule has 0 spiro atoms. The second-order valence-electron chi connectivity index (χ2n) is 6.07. The van der Waals surface area contributed by atoms with Gasteiger partial charge in [0.05, 0.1) is 5.75 Å². The van der Waals surface area contributed by atoms with Gasteiger partial charge >= 0.3 is 0 Å². The van der Waals surface area contributed by atoms with Crippen LogP contribution in [-0.4, -0.2) is 37.6 Å². The molecule has 4 nitrogen and oxygen atoms in total. The molecule has 1 saturated carbocycles. The van der Waals surface area contributed by atoms with Crippen molar-refractivity contribution in [1.29, 1.82) is 0 Å². The Kier molecular flexibility index (Phi) is 4.67. The Morgan fingerprint density at radius 3 is 2.44 bits per heavy atom. The molecule has 2 fully saturated rings. The van der Waals surface area contributed by atoms with Gasteiger partial charge in [0.15, 0.2) is 0 Å². The Morgan fingerprint density at radius 2 is 1.83 bits per heavy atom. The van der Waals surface area contributed by atoms with Crippen LogP contribution in [0.15, 0.2) is 0 Å². The third-order valence-electron chi connectivity index (χ3n) is 4.50. The van der Waals surface area contributed by atoms with Crippen molar-refractivity contribution in [3.05, 3.63) is 0 Å². The van der Waals surface area contributed by atoms with Crippen molar-refractivity contribution >= 4 is 10.0 Å². The van der Waals surface area contributed by atoms with Gasteiger partial charge in [-0.1, -0.05) is 26.2 Å². The summed E-state index contributed by atoms with van der Waals surface area (Å²) in [7, 11) is -3.06. The van der Waals surface area contributed by atoms with Crippen LogP contribution in [0.5, 0.6) is 0 Å². The molecule has 2 N–H and O–H groups in total. The molecule has 1 heterocycles. The topological polar surface area (TPSA) is 63.4 Å². The van der Waals surface area contributed by atoms with Crippen LogP contribution >= 0.6 is 0 Å². The molecule has 1 aliphatic heterocycles. The highest BCUT2D eigenvalue weighted by Crippen LogP contribution is 2.27. The maximum Gasteiger partial charge on any atom is 0.214 e. The van der Waals surface area contributed by atoms with Crippen LogP contribution in [0.4, 0.5) is 0 Å². The molecule has 0 amide bonds. The molecule has 0 bridgehead atoms. The van der Waals surface area contributed by atoms with E-state index in [2.05, 4.69) is 0 Å². The molecule has 2 aliphatic rings. The first-order chi connectivity index (χ1) is 8.49. The maximum absolute atomic E-state index is 12.4. The first-order valence-corrected chi connectivity index (χ1v) is 8.83. The van der Waals surface area contributed by atoms with E-state index in [-0.39, 0.29) is 12.0 Å². The van der Waals surface area contributed by atoms with Gasteiger partial charge in [0.1, 0.15) is 0 Å². The summed E-state index contributed by atoms with van der Waals surface area (Å²) in [6.07, 6.45) is 6.63. The maximum atomic E-state index is 12.4. The third kappa shape index (κ3) is 3.45. The number of hydrogen-bond acceptors (Lipinski definition) is 3. The van der Waals surface area contributed by atoms with Crippen molar-refractivity contribution in [2.24, 2.45) is 17.6 Å². The smallest absolute Gasteiger partial charge is 0.214 e. The van der Waals surface area contributed by atoms with Gasteiger partial charge < -0.3 is 5.73 Å². The van der Waals surface area contributed by atoms with Crippen molar-refractivity contribution in [3.63, 3.8) is 0 Å². The number of rotatable bonds is 3. The molecule has 0 aromatic carbocycles. The number of nitrogens with two attached hydrogens (primary N) is 1. The zero-order chi connectivity index (χ0) is 13.2. The highest BCUT2D eigenvalue weighted by atomic mass is 32.2. The third-order valence-corrected chi connectivity index (χ3v) is 6.51. The van der Waals surface area contributed by atoms with Gasteiger partial charge in [-0.05, 0) is 31.1 Å². The minimum atomic E-state index is -3.06. The van der Waals surface area contributed by atoms with Crippen molar-refractivity contribution in [2.45, 2.75) is 51.5 Å².